The van der Waals surface area contributed by atoms with E-state index in [1.165, 1.54) is 70.0 Å². The normalized spacial score (nSPS) is 22.1. The zero-order chi connectivity index (χ0) is 21.2. The number of fused-ring (bicyclic) bond motifs is 1. The van der Waals surface area contributed by atoms with Gasteiger partial charge < -0.3 is 0 Å². The van der Waals surface area contributed by atoms with E-state index in [9.17, 15) is 0 Å². The Bertz CT molecular complexity index is 1060. The zero-order valence-corrected chi connectivity index (χ0v) is 22.7. The largest absolute Gasteiger partial charge is 0.0860 e. The number of hydrogen-bond acceptors (Lipinski definition) is 6. The lowest BCUT2D eigenvalue weighted by Crippen LogP contribution is -1.88. The van der Waals surface area contributed by atoms with E-state index in [0.717, 1.165) is 0 Å². The average Bonchev–Trinajstić information content (AvgIpc) is 3.41. The van der Waals surface area contributed by atoms with Crippen molar-refractivity contribution in [3.8, 4) is 0 Å². The first-order valence-corrected chi connectivity index (χ1v) is 14.7. The van der Waals surface area contributed by atoms with Crippen molar-refractivity contribution in [1.82, 2.24) is 0 Å². The van der Waals surface area contributed by atoms with Gasteiger partial charge in [0.25, 0.3) is 0 Å². The van der Waals surface area contributed by atoms with Crippen LogP contribution in [-0.4, -0.2) is 0 Å². The highest BCUT2D eigenvalue weighted by atomic mass is 32.2. The first kappa shape index (κ1) is 21.6. The number of rotatable bonds is 0. The summed E-state index contributed by atoms with van der Waals surface area (Å²) in [6, 6.07) is 9.04. The molecule has 0 bridgehead atoms. The maximum absolute atomic E-state index is 2.32. The Hall–Kier alpha value is -0.240. The molecule has 0 atom stereocenters. The molecule has 5 rings (SSSR count). The third-order valence-electron chi connectivity index (χ3n) is 5.54. The van der Waals surface area contributed by atoms with Gasteiger partial charge in [0, 0.05) is 16.7 Å². The molecule has 3 heterocycles. The highest BCUT2D eigenvalue weighted by molar-refractivity contribution is 8.29. The van der Waals surface area contributed by atoms with Gasteiger partial charge in [-0.15, -0.1) is 0 Å². The minimum absolute atomic E-state index is 1.40. The summed E-state index contributed by atoms with van der Waals surface area (Å²) in [5, 5.41) is 0. The summed E-state index contributed by atoms with van der Waals surface area (Å²) in [4.78, 5) is 8.59. The minimum atomic E-state index is 1.40. The highest BCUT2D eigenvalue weighted by Gasteiger charge is 2.38. The van der Waals surface area contributed by atoms with Gasteiger partial charge in [0.1, 0.15) is 0 Å². The molecule has 6 heteroatoms. The molecule has 4 aliphatic rings. The number of allylic oxidation sites excluding steroid dienone is 9. The molecule has 1 aromatic carbocycles. The van der Waals surface area contributed by atoms with Crippen LogP contribution in [0.25, 0.3) is 11.1 Å². The van der Waals surface area contributed by atoms with Crippen molar-refractivity contribution in [3.05, 3.63) is 83.1 Å². The van der Waals surface area contributed by atoms with Crippen molar-refractivity contribution in [2.24, 2.45) is 0 Å². The van der Waals surface area contributed by atoms with Crippen LogP contribution in [-0.2, 0) is 0 Å². The Labute approximate surface area is 205 Å². The molecule has 3 aliphatic heterocycles. The second kappa shape index (κ2) is 8.27. The standard InChI is InChI=1S/C24H22S6/c1-11-12(2)26-22(25-11)19-17-9-7-8-10-18(17)20(23-27-13(3)14(4)28-23)21(19)24-29-15(5)16(6)30-24/h7-10H,1-6H3. The third kappa shape index (κ3) is 3.56. The van der Waals surface area contributed by atoms with Gasteiger partial charge in [0.2, 0.25) is 0 Å². The maximum Gasteiger partial charge on any atom is 0.0578 e. The Balaban J connectivity index is 1.79. The Morgan fingerprint density at radius 2 is 0.667 bits per heavy atom. The van der Waals surface area contributed by atoms with Crippen molar-refractivity contribution >= 4 is 81.7 Å². The van der Waals surface area contributed by atoms with Gasteiger partial charge in [-0.1, -0.05) is 94.8 Å². The average molecular weight is 503 g/mol. The van der Waals surface area contributed by atoms with Crippen molar-refractivity contribution in [3.63, 3.8) is 0 Å². The Kier molecular flexibility index (Phi) is 5.96. The van der Waals surface area contributed by atoms with Crippen LogP contribution in [0, 0.1) is 0 Å². The minimum Gasteiger partial charge on any atom is -0.0860 e. The monoisotopic (exact) mass is 502 g/mol. The molecule has 0 aromatic heterocycles. The van der Waals surface area contributed by atoms with Crippen LogP contribution in [0.1, 0.15) is 52.7 Å². The molecule has 1 aromatic rings. The Morgan fingerprint density at radius 1 is 0.400 bits per heavy atom. The van der Waals surface area contributed by atoms with Gasteiger partial charge in [-0.3, -0.25) is 0 Å². The molecule has 0 saturated carbocycles. The summed E-state index contributed by atoms with van der Waals surface area (Å²) in [6.45, 7) is 13.5. The molecular weight excluding hydrogens is 481 g/mol. The number of thioether (sulfide) groups is 6. The van der Waals surface area contributed by atoms with Crippen LogP contribution in [0.2, 0.25) is 0 Å². The smallest absolute Gasteiger partial charge is 0.0578 e. The van der Waals surface area contributed by atoms with E-state index in [0.29, 0.717) is 0 Å². The second-order valence-corrected chi connectivity index (χ2v) is 15.6. The van der Waals surface area contributed by atoms with Gasteiger partial charge in [-0.2, -0.15) is 0 Å². The predicted molar refractivity (Wildman–Crippen MR) is 148 cm³/mol. The molecule has 0 nitrogen and oxygen atoms in total. The molecule has 0 unspecified atom stereocenters. The summed E-state index contributed by atoms with van der Waals surface area (Å²) < 4.78 is 4.32. The van der Waals surface area contributed by atoms with Gasteiger partial charge in [0.15, 0.2) is 0 Å². The van der Waals surface area contributed by atoms with Crippen molar-refractivity contribution in [2.75, 3.05) is 0 Å². The first-order chi connectivity index (χ1) is 14.3. The molecule has 0 N–H and O–H groups in total. The second-order valence-electron chi connectivity index (χ2n) is 7.48. The highest BCUT2D eigenvalue weighted by Crippen LogP contribution is 2.65. The van der Waals surface area contributed by atoms with E-state index in [1.54, 1.807) is 0 Å². The SMILES string of the molecule is CC1=C(C)SC(=C2C(=C3SC(C)=C(C)S3)c3ccccc3C2=C2SC(C)=C(C)S2)S1. The van der Waals surface area contributed by atoms with E-state index in [1.807, 2.05) is 70.6 Å². The number of benzene rings is 1. The lowest BCUT2D eigenvalue weighted by molar-refractivity contribution is 1.57. The van der Waals surface area contributed by atoms with Crippen LogP contribution < -0.4 is 0 Å². The van der Waals surface area contributed by atoms with Gasteiger partial charge in [-0.05, 0) is 82.1 Å². The van der Waals surface area contributed by atoms with Gasteiger partial charge in [0.05, 0.1) is 12.7 Å². The molecule has 1 aliphatic carbocycles. The van der Waals surface area contributed by atoms with E-state index in [4.69, 9.17) is 0 Å². The first-order valence-electron chi connectivity index (χ1n) is 9.78. The molecule has 0 spiro atoms. The fourth-order valence-electron chi connectivity index (χ4n) is 3.58. The van der Waals surface area contributed by atoms with Gasteiger partial charge >= 0.3 is 0 Å². The predicted octanol–water partition coefficient (Wildman–Crippen LogP) is 10.4. The van der Waals surface area contributed by atoms with Crippen LogP contribution in [0.4, 0.5) is 0 Å². The molecule has 30 heavy (non-hydrogen) atoms. The third-order valence-corrected chi connectivity index (χ3v) is 13.4. The van der Waals surface area contributed by atoms with Crippen molar-refractivity contribution in [1.29, 1.82) is 0 Å². The molecular formula is C24H22S6. The van der Waals surface area contributed by atoms with E-state index < -0.39 is 0 Å². The van der Waals surface area contributed by atoms with E-state index in [2.05, 4.69) is 65.8 Å². The van der Waals surface area contributed by atoms with Crippen molar-refractivity contribution in [2.45, 2.75) is 41.5 Å². The molecule has 0 saturated heterocycles. The molecule has 0 fully saturated rings. The molecule has 0 amide bonds. The zero-order valence-electron chi connectivity index (χ0n) is 17.8. The molecule has 154 valence electrons. The lowest BCUT2D eigenvalue weighted by Gasteiger charge is -2.13. The fraction of sp³-hybridized carbons (Fsp3) is 0.250. The van der Waals surface area contributed by atoms with Crippen molar-refractivity contribution < 1.29 is 0 Å². The lowest BCUT2D eigenvalue weighted by atomic mass is 10.1. The summed E-state index contributed by atoms with van der Waals surface area (Å²) in [7, 11) is 0. The molecule has 0 radical (unpaired) electrons. The quantitative estimate of drug-likeness (QED) is 0.343. The fourth-order valence-corrected chi connectivity index (χ4v) is 11.5. The summed E-state index contributed by atoms with van der Waals surface area (Å²) >= 11 is 11.7. The van der Waals surface area contributed by atoms with Crippen LogP contribution in [0.5, 0.6) is 0 Å². The van der Waals surface area contributed by atoms with E-state index >= 15 is 0 Å². The van der Waals surface area contributed by atoms with E-state index in [-0.39, 0.29) is 0 Å². The Morgan fingerprint density at radius 3 is 0.967 bits per heavy atom. The summed E-state index contributed by atoms with van der Waals surface area (Å²) in [5.74, 6) is 0. The van der Waals surface area contributed by atoms with Crippen LogP contribution in [0.15, 0.2) is 72.0 Å². The van der Waals surface area contributed by atoms with Gasteiger partial charge in [-0.25, -0.2) is 0 Å². The topological polar surface area (TPSA) is 0 Å². The van der Waals surface area contributed by atoms with Crippen LogP contribution >= 0.6 is 70.6 Å². The summed E-state index contributed by atoms with van der Waals surface area (Å²) in [5.41, 5.74) is 7.14. The summed E-state index contributed by atoms with van der Waals surface area (Å²) in [6.07, 6.45) is 0. The van der Waals surface area contributed by atoms with Crippen LogP contribution in [0.3, 0.4) is 0 Å². The maximum atomic E-state index is 2.32. The number of hydrogen-bond donors (Lipinski definition) is 0.